The molecule has 1 atom stereocenters. The van der Waals surface area contributed by atoms with Gasteiger partial charge in [0.2, 0.25) is 10.0 Å². The SMILES string of the molecule is CCC1CCCN1S(=O)(=O)c1cc(Br)cc(CCl)c1F. The van der Waals surface area contributed by atoms with E-state index in [0.29, 0.717) is 11.0 Å². The predicted molar refractivity (Wildman–Crippen MR) is 80.9 cm³/mol. The topological polar surface area (TPSA) is 37.4 Å². The van der Waals surface area contributed by atoms with E-state index < -0.39 is 15.8 Å². The fourth-order valence-corrected chi connectivity index (χ4v) is 5.32. The highest BCUT2D eigenvalue weighted by Gasteiger charge is 2.36. The highest BCUT2D eigenvalue weighted by molar-refractivity contribution is 9.10. The van der Waals surface area contributed by atoms with Crippen molar-refractivity contribution in [3.05, 3.63) is 28.0 Å². The van der Waals surface area contributed by atoms with Crippen LogP contribution < -0.4 is 0 Å². The molecular formula is C13H16BrClFNO2S. The fraction of sp³-hybridized carbons (Fsp3) is 0.538. The Kier molecular flexibility index (Phi) is 5.10. The number of benzene rings is 1. The highest BCUT2D eigenvalue weighted by atomic mass is 79.9. The van der Waals surface area contributed by atoms with Gasteiger partial charge in [-0.05, 0) is 31.4 Å². The minimum absolute atomic E-state index is 0.0437. The lowest BCUT2D eigenvalue weighted by atomic mass is 10.2. The van der Waals surface area contributed by atoms with Crippen molar-refractivity contribution < 1.29 is 12.8 Å². The lowest BCUT2D eigenvalue weighted by molar-refractivity contribution is 0.377. The van der Waals surface area contributed by atoms with Gasteiger partial charge in [0.25, 0.3) is 0 Å². The van der Waals surface area contributed by atoms with E-state index in [9.17, 15) is 12.8 Å². The largest absolute Gasteiger partial charge is 0.246 e. The summed E-state index contributed by atoms with van der Waals surface area (Å²) < 4.78 is 41.6. The fourth-order valence-electron chi connectivity index (χ4n) is 2.56. The molecule has 1 aromatic rings. The van der Waals surface area contributed by atoms with Gasteiger partial charge in [0.15, 0.2) is 0 Å². The summed E-state index contributed by atoms with van der Waals surface area (Å²) in [5, 5.41) is 0. The van der Waals surface area contributed by atoms with Crippen molar-refractivity contribution >= 4 is 37.6 Å². The summed E-state index contributed by atoms with van der Waals surface area (Å²) in [7, 11) is -3.82. The van der Waals surface area contributed by atoms with Crippen LogP contribution in [-0.2, 0) is 15.9 Å². The second kappa shape index (κ2) is 6.30. The highest BCUT2D eigenvalue weighted by Crippen LogP contribution is 2.32. The summed E-state index contributed by atoms with van der Waals surface area (Å²) >= 11 is 8.89. The van der Waals surface area contributed by atoms with Crippen molar-refractivity contribution in [2.24, 2.45) is 0 Å². The van der Waals surface area contributed by atoms with Gasteiger partial charge in [-0.2, -0.15) is 4.31 Å². The Labute approximate surface area is 132 Å². The van der Waals surface area contributed by atoms with E-state index in [1.54, 1.807) is 0 Å². The summed E-state index contributed by atoms with van der Waals surface area (Å²) in [6.07, 6.45) is 2.38. The average Bonchev–Trinajstić information content (AvgIpc) is 2.89. The van der Waals surface area contributed by atoms with Crippen LogP contribution in [0.1, 0.15) is 31.7 Å². The first-order valence-electron chi connectivity index (χ1n) is 6.47. The standard InChI is InChI=1S/C13H16BrClFNO2S/c1-2-11-4-3-5-17(11)20(18,19)12-7-10(14)6-9(8-15)13(12)16/h6-7,11H,2-5,8H2,1H3. The maximum atomic E-state index is 14.3. The Bertz CT molecular complexity index is 609. The van der Waals surface area contributed by atoms with Gasteiger partial charge in [0.1, 0.15) is 10.7 Å². The first-order chi connectivity index (χ1) is 9.41. The van der Waals surface area contributed by atoms with E-state index in [2.05, 4.69) is 15.9 Å². The molecule has 0 aromatic heterocycles. The smallest absolute Gasteiger partial charge is 0.207 e. The second-order valence-electron chi connectivity index (χ2n) is 4.83. The van der Waals surface area contributed by atoms with Gasteiger partial charge in [0.05, 0.1) is 5.88 Å². The molecule has 2 rings (SSSR count). The van der Waals surface area contributed by atoms with Gasteiger partial charge in [-0.1, -0.05) is 22.9 Å². The van der Waals surface area contributed by atoms with Gasteiger partial charge in [0, 0.05) is 22.6 Å². The molecule has 7 heteroatoms. The van der Waals surface area contributed by atoms with E-state index >= 15 is 0 Å². The third-order valence-electron chi connectivity index (χ3n) is 3.60. The number of hydrogen-bond donors (Lipinski definition) is 0. The first-order valence-corrected chi connectivity index (χ1v) is 9.24. The molecular weight excluding hydrogens is 369 g/mol. The molecule has 0 amide bonds. The number of nitrogens with zero attached hydrogens (tertiary/aromatic N) is 1. The Morgan fingerprint density at radius 3 is 2.80 bits per heavy atom. The van der Waals surface area contributed by atoms with Crippen LogP contribution in [0.4, 0.5) is 4.39 Å². The maximum absolute atomic E-state index is 14.3. The molecule has 1 aromatic carbocycles. The van der Waals surface area contributed by atoms with Crippen LogP contribution in [0.25, 0.3) is 0 Å². The maximum Gasteiger partial charge on any atom is 0.246 e. The third-order valence-corrected chi connectivity index (χ3v) is 6.30. The number of rotatable bonds is 4. The summed E-state index contributed by atoms with van der Waals surface area (Å²) in [5.74, 6) is -0.810. The summed E-state index contributed by atoms with van der Waals surface area (Å²) in [5.41, 5.74) is 0.187. The van der Waals surface area contributed by atoms with Crippen LogP contribution in [0.15, 0.2) is 21.5 Å². The molecule has 112 valence electrons. The van der Waals surface area contributed by atoms with Gasteiger partial charge in [-0.25, -0.2) is 12.8 Å². The van der Waals surface area contributed by atoms with E-state index in [1.165, 1.54) is 16.4 Å². The molecule has 1 fully saturated rings. The first kappa shape index (κ1) is 16.2. The lowest BCUT2D eigenvalue weighted by Gasteiger charge is -2.23. The van der Waals surface area contributed by atoms with Crippen molar-refractivity contribution in [3.63, 3.8) is 0 Å². The van der Waals surface area contributed by atoms with Gasteiger partial charge >= 0.3 is 0 Å². The van der Waals surface area contributed by atoms with Crippen molar-refractivity contribution in [1.82, 2.24) is 4.31 Å². The van der Waals surface area contributed by atoms with Crippen LogP contribution in [0, 0.1) is 5.82 Å². The quantitative estimate of drug-likeness (QED) is 0.739. The minimum Gasteiger partial charge on any atom is -0.207 e. The zero-order valence-electron chi connectivity index (χ0n) is 11.1. The third kappa shape index (κ3) is 2.89. The van der Waals surface area contributed by atoms with Crippen LogP contribution in [0.5, 0.6) is 0 Å². The Morgan fingerprint density at radius 1 is 1.50 bits per heavy atom. The van der Waals surface area contributed by atoms with Gasteiger partial charge in [-0.3, -0.25) is 0 Å². The van der Waals surface area contributed by atoms with Crippen molar-refractivity contribution in [2.45, 2.75) is 43.0 Å². The van der Waals surface area contributed by atoms with Crippen molar-refractivity contribution in [3.8, 4) is 0 Å². The number of hydrogen-bond acceptors (Lipinski definition) is 2. The molecule has 0 radical (unpaired) electrons. The number of alkyl halides is 1. The van der Waals surface area contributed by atoms with E-state index in [1.807, 2.05) is 6.92 Å². The predicted octanol–water partition coefficient (Wildman–Crippen LogP) is 3.89. The molecule has 1 saturated heterocycles. The van der Waals surface area contributed by atoms with Gasteiger partial charge < -0.3 is 0 Å². The summed E-state index contributed by atoms with van der Waals surface area (Å²) in [6.45, 7) is 2.39. The molecule has 0 saturated carbocycles. The molecule has 20 heavy (non-hydrogen) atoms. The van der Waals surface area contributed by atoms with E-state index in [-0.39, 0.29) is 22.4 Å². The summed E-state index contributed by atoms with van der Waals surface area (Å²) in [6, 6.07) is 2.77. The molecule has 3 nitrogen and oxygen atoms in total. The summed E-state index contributed by atoms with van der Waals surface area (Å²) in [4.78, 5) is -0.289. The van der Waals surface area contributed by atoms with Gasteiger partial charge in [-0.15, -0.1) is 11.6 Å². The minimum atomic E-state index is -3.82. The molecule has 0 aliphatic carbocycles. The van der Waals surface area contributed by atoms with Crippen LogP contribution in [0.2, 0.25) is 0 Å². The average molecular weight is 385 g/mol. The zero-order chi connectivity index (χ0) is 14.9. The molecule has 1 aliphatic rings. The normalized spacial score (nSPS) is 20.5. The van der Waals surface area contributed by atoms with E-state index in [0.717, 1.165) is 19.3 Å². The Morgan fingerprint density at radius 2 is 2.20 bits per heavy atom. The second-order valence-corrected chi connectivity index (χ2v) is 7.87. The molecule has 0 N–H and O–H groups in total. The number of sulfonamides is 1. The zero-order valence-corrected chi connectivity index (χ0v) is 14.2. The van der Waals surface area contributed by atoms with Crippen LogP contribution >= 0.6 is 27.5 Å². The van der Waals surface area contributed by atoms with E-state index in [4.69, 9.17) is 11.6 Å². The molecule has 0 spiro atoms. The molecule has 1 aliphatic heterocycles. The number of halogens is 3. The van der Waals surface area contributed by atoms with Crippen LogP contribution in [-0.4, -0.2) is 25.3 Å². The Hall–Kier alpha value is -0.170. The Balaban J connectivity index is 2.52. The monoisotopic (exact) mass is 383 g/mol. The van der Waals surface area contributed by atoms with Crippen molar-refractivity contribution in [2.75, 3.05) is 6.54 Å². The lowest BCUT2D eigenvalue weighted by Crippen LogP contribution is -2.35. The molecule has 1 heterocycles. The van der Waals surface area contributed by atoms with Crippen LogP contribution in [0.3, 0.4) is 0 Å². The van der Waals surface area contributed by atoms with Crippen molar-refractivity contribution in [1.29, 1.82) is 0 Å². The molecule has 0 bridgehead atoms. The molecule has 1 unspecified atom stereocenters.